The molecule has 0 amide bonds. The fraction of sp³-hybridized carbons (Fsp3) is 0.357. The Balaban J connectivity index is 1.88. The van der Waals surface area contributed by atoms with Gasteiger partial charge in [0.05, 0.1) is 11.9 Å². The molecule has 102 valence electrons. The van der Waals surface area contributed by atoms with Crippen LogP contribution in [0.25, 0.3) is 11.3 Å². The van der Waals surface area contributed by atoms with E-state index in [0.717, 1.165) is 42.1 Å². The summed E-state index contributed by atoms with van der Waals surface area (Å²) >= 11 is 0. The van der Waals surface area contributed by atoms with E-state index >= 15 is 0 Å². The SMILES string of the molecule is CS(=O)CCCNCc1cn[nH]c1-c1ccccc1. The third-order valence-electron chi connectivity index (χ3n) is 2.88. The van der Waals surface area contributed by atoms with Crippen molar-refractivity contribution in [1.29, 1.82) is 0 Å². The second-order valence-electron chi connectivity index (χ2n) is 4.44. The Morgan fingerprint density at radius 1 is 1.32 bits per heavy atom. The molecule has 0 bridgehead atoms. The fourth-order valence-corrected chi connectivity index (χ4v) is 2.47. The van der Waals surface area contributed by atoms with Gasteiger partial charge < -0.3 is 5.32 Å². The third-order valence-corrected chi connectivity index (χ3v) is 3.74. The normalized spacial score (nSPS) is 12.5. The Bertz CT molecular complexity index is 524. The average molecular weight is 277 g/mol. The topological polar surface area (TPSA) is 57.8 Å². The van der Waals surface area contributed by atoms with Crippen LogP contribution in [0.4, 0.5) is 0 Å². The smallest absolute Gasteiger partial charge is 0.0695 e. The minimum Gasteiger partial charge on any atom is -0.313 e. The van der Waals surface area contributed by atoms with Crippen molar-refractivity contribution in [3.05, 3.63) is 42.1 Å². The molecule has 19 heavy (non-hydrogen) atoms. The molecule has 4 nitrogen and oxygen atoms in total. The van der Waals surface area contributed by atoms with Gasteiger partial charge in [0.1, 0.15) is 0 Å². The zero-order valence-electron chi connectivity index (χ0n) is 11.1. The maximum atomic E-state index is 10.9. The molecule has 0 aliphatic heterocycles. The van der Waals surface area contributed by atoms with E-state index in [0.29, 0.717) is 0 Å². The highest BCUT2D eigenvalue weighted by Crippen LogP contribution is 2.20. The Hall–Kier alpha value is -1.46. The molecule has 1 aromatic carbocycles. The summed E-state index contributed by atoms with van der Waals surface area (Å²) in [6.07, 6.45) is 4.53. The average Bonchev–Trinajstić information content (AvgIpc) is 2.87. The number of H-pyrrole nitrogens is 1. The van der Waals surface area contributed by atoms with Gasteiger partial charge in [-0.15, -0.1) is 0 Å². The molecule has 1 atom stereocenters. The van der Waals surface area contributed by atoms with Crippen LogP contribution in [0.15, 0.2) is 36.5 Å². The molecule has 1 unspecified atom stereocenters. The quantitative estimate of drug-likeness (QED) is 0.760. The molecule has 1 heterocycles. The van der Waals surface area contributed by atoms with E-state index in [9.17, 15) is 4.21 Å². The first-order valence-corrected chi connectivity index (χ1v) is 8.08. The van der Waals surface area contributed by atoms with Gasteiger partial charge in [-0.05, 0) is 18.5 Å². The van der Waals surface area contributed by atoms with Gasteiger partial charge in [0, 0.05) is 34.9 Å². The predicted octanol–water partition coefficient (Wildman–Crippen LogP) is 1.93. The molecule has 2 aromatic rings. The highest BCUT2D eigenvalue weighted by Gasteiger charge is 2.06. The van der Waals surface area contributed by atoms with Crippen molar-refractivity contribution in [2.75, 3.05) is 18.6 Å². The third kappa shape index (κ3) is 4.29. The molecule has 0 fully saturated rings. The van der Waals surface area contributed by atoms with Gasteiger partial charge in [-0.25, -0.2) is 0 Å². The predicted molar refractivity (Wildman–Crippen MR) is 79.3 cm³/mol. The van der Waals surface area contributed by atoms with Crippen molar-refractivity contribution in [3.63, 3.8) is 0 Å². The standard InChI is InChI=1S/C14H19N3OS/c1-19(18)9-5-8-15-10-13-11-16-17-14(13)12-6-3-2-4-7-12/h2-4,6-7,11,15H,5,8-10H2,1H3,(H,16,17). The summed E-state index contributed by atoms with van der Waals surface area (Å²) in [6.45, 7) is 1.65. The summed E-state index contributed by atoms with van der Waals surface area (Å²) in [6, 6.07) is 10.2. The molecule has 0 spiro atoms. The highest BCUT2D eigenvalue weighted by atomic mass is 32.2. The first kappa shape index (κ1) is 14.0. The number of hydrogen-bond donors (Lipinski definition) is 2. The summed E-state index contributed by atoms with van der Waals surface area (Å²) in [5.74, 6) is 0.754. The zero-order chi connectivity index (χ0) is 13.5. The van der Waals surface area contributed by atoms with Gasteiger partial charge >= 0.3 is 0 Å². The van der Waals surface area contributed by atoms with Crippen LogP contribution >= 0.6 is 0 Å². The van der Waals surface area contributed by atoms with E-state index < -0.39 is 10.8 Å². The maximum absolute atomic E-state index is 10.9. The van der Waals surface area contributed by atoms with E-state index in [2.05, 4.69) is 27.6 Å². The second kappa shape index (κ2) is 7.21. The molecular formula is C14H19N3OS. The molecule has 1 aromatic heterocycles. The Labute approximate surface area is 116 Å². The van der Waals surface area contributed by atoms with Crippen molar-refractivity contribution in [1.82, 2.24) is 15.5 Å². The lowest BCUT2D eigenvalue weighted by Crippen LogP contribution is -2.16. The number of benzene rings is 1. The van der Waals surface area contributed by atoms with Gasteiger partial charge in [-0.2, -0.15) is 5.10 Å². The summed E-state index contributed by atoms with van der Waals surface area (Å²) in [4.78, 5) is 0. The monoisotopic (exact) mass is 277 g/mol. The van der Waals surface area contributed by atoms with Crippen LogP contribution in [0.3, 0.4) is 0 Å². The summed E-state index contributed by atoms with van der Waals surface area (Å²) in [5, 5.41) is 10.5. The van der Waals surface area contributed by atoms with Crippen LogP contribution in [0.2, 0.25) is 0 Å². The Kier molecular flexibility index (Phi) is 5.30. The number of aromatic amines is 1. The molecule has 0 saturated heterocycles. The minimum atomic E-state index is -0.698. The van der Waals surface area contributed by atoms with Crippen LogP contribution in [0.5, 0.6) is 0 Å². The van der Waals surface area contributed by atoms with Gasteiger partial charge in [0.15, 0.2) is 0 Å². The van der Waals surface area contributed by atoms with E-state index in [1.807, 2.05) is 24.4 Å². The lowest BCUT2D eigenvalue weighted by Gasteiger charge is -2.05. The molecule has 0 radical (unpaired) electrons. The second-order valence-corrected chi connectivity index (χ2v) is 6.00. The van der Waals surface area contributed by atoms with E-state index in [-0.39, 0.29) is 0 Å². The zero-order valence-corrected chi connectivity index (χ0v) is 11.9. The molecule has 2 rings (SSSR count). The number of rotatable bonds is 7. The number of nitrogens with one attached hydrogen (secondary N) is 2. The number of aromatic nitrogens is 2. The molecule has 5 heteroatoms. The molecular weight excluding hydrogens is 258 g/mol. The van der Waals surface area contributed by atoms with Crippen molar-refractivity contribution < 1.29 is 4.21 Å². The lowest BCUT2D eigenvalue weighted by molar-refractivity contribution is 0.662. The van der Waals surface area contributed by atoms with Crippen LogP contribution in [-0.2, 0) is 17.3 Å². The first-order chi connectivity index (χ1) is 9.27. The van der Waals surface area contributed by atoms with Crippen molar-refractivity contribution in [3.8, 4) is 11.3 Å². The van der Waals surface area contributed by atoms with E-state index in [1.165, 1.54) is 0 Å². The maximum Gasteiger partial charge on any atom is 0.0695 e. The first-order valence-electron chi connectivity index (χ1n) is 6.36. The van der Waals surface area contributed by atoms with Crippen LogP contribution < -0.4 is 5.32 Å². The summed E-state index contributed by atoms with van der Waals surface area (Å²) in [7, 11) is -0.698. The molecule has 2 N–H and O–H groups in total. The van der Waals surface area contributed by atoms with Crippen molar-refractivity contribution >= 4 is 10.8 Å². The van der Waals surface area contributed by atoms with Crippen molar-refractivity contribution in [2.45, 2.75) is 13.0 Å². The largest absolute Gasteiger partial charge is 0.313 e. The minimum absolute atomic E-state index is 0.698. The van der Waals surface area contributed by atoms with Crippen LogP contribution in [0.1, 0.15) is 12.0 Å². The molecule has 0 aliphatic rings. The molecule has 0 aliphatic carbocycles. The number of hydrogen-bond acceptors (Lipinski definition) is 3. The van der Waals surface area contributed by atoms with Crippen LogP contribution in [0, 0.1) is 0 Å². The van der Waals surface area contributed by atoms with Gasteiger partial charge in [0.25, 0.3) is 0 Å². The Morgan fingerprint density at radius 3 is 2.84 bits per heavy atom. The Morgan fingerprint density at radius 2 is 2.11 bits per heavy atom. The van der Waals surface area contributed by atoms with Gasteiger partial charge in [-0.1, -0.05) is 30.3 Å². The number of nitrogens with zero attached hydrogens (tertiary/aromatic N) is 1. The molecule has 0 saturated carbocycles. The van der Waals surface area contributed by atoms with Gasteiger partial charge in [-0.3, -0.25) is 9.31 Å². The van der Waals surface area contributed by atoms with Gasteiger partial charge in [0.2, 0.25) is 0 Å². The summed E-state index contributed by atoms with van der Waals surface area (Å²) in [5.41, 5.74) is 3.36. The van der Waals surface area contributed by atoms with E-state index in [1.54, 1.807) is 6.26 Å². The fourth-order valence-electron chi connectivity index (χ4n) is 1.92. The highest BCUT2D eigenvalue weighted by molar-refractivity contribution is 7.84. The van der Waals surface area contributed by atoms with E-state index in [4.69, 9.17) is 0 Å². The van der Waals surface area contributed by atoms with Crippen molar-refractivity contribution in [2.24, 2.45) is 0 Å². The lowest BCUT2D eigenvalue weighted by atomic mass is 10.1. The summed E-state index contributed by atoms with van der Waals surface area (Å²) < 4.78 is 10.9. The van der Waals surface area contributed by atoms with Crippen LogP contribution in [-0.4, -0.2) is 33.0 Å².